The average Bonchev–Trinajstić information content (AvgIpc) is 3.02. The minimum absolute atomic E-state index is 0.202. The molecule has 162 valence electrons. The Labute approximate surface area is 180 Å². The number of esters is 1. The van der Waals surface area contributed by atoms with Crippen molar-refractivity contribution in [3.63, 3.8) is 0 Å². The van der Waals surface area contributed by atoms with Gasteiger partial charge in [0.1, 0.15) is 0 Å². The van der Waals surface area contributed by atoms with Crippen molar-refractivity contribution in [3.8, 4) is 17.2 Å². The van der Waals surface area contributed by atoms with Crippen LogP contribution in [-0.4, -0.2) is 50.2 Å². The summed E-state index contributed by atoms with van der Waals surface area (Å²) >= 11 is 0. The summed E-state index contributed by atoms with van der Waals surface area (Å²) in [5.41, 5.74) is 2.31. The number of carbonyl (C=O) groups is 2. The Morgan fingerprint density at radius 1 is 1.06 bits per heavy atom. The molecule has 0 radical (unpaired) electrons. The maximum atomic E-state index is 13.3. The van der Waals surface area contributed by atoms with E-state index in [0.717, 1.165) is 5.56 Å². The molecule has 0 unspecified atom stereocenters. The third-order valence-electron chi connectivity index (χ3n) is 5.00. The lowest BCUT2D eigenvalue weighted by atomic mass is 10.0. The summed E-state index contributed by atoms with van der Waals surface area (Å²) < 4.78 is 21.2. The van der Waals surface area contributed by atoms with E-state index < -0.39 is 5.97 Å². The molecule has 8 heteroatoms. The summed E-state index contributed by atoms with van der Waals surface area (Å²) in [5, 5.41) is 0. The van der Waals surface area contributed by atoms with Gasteiger partial charge in [0.05, 0.1) is 46.1 Å². The van der Waals surface area contributed by atoms with Gasteiger partial charge in [0.15, 0.2) is 11.5 Å². The van der Waals surface area contributed by atoms with E-state index in [1.807, 2.05) is 6.07 Å². The number of aromatic nitrogens is 1. The van der Waals surface area contributed by atoms with Crippen molar-refractivity contribution in [2.24, 2.45) is 0 Å². The fourth-order valence-corrected chi connectivity index (χ4v) is 3.49. The summed E-state index contributed by atoms with van der Waals surface area (Å²) in [4.78, 5) is 31.5. The number of amides is 1. The summed E-state index contributed by atoms with van der Waals surface area (Å²) in [6.07, 6.45) is 4.94. The van der Waals surface area contributed by atoms with Crippen molar-refractivity contribution in [1.29, 1.82) is 0 Å². The molecule has 1 amide bonds. The molecule has 31 heavy (non-hydrogen) atoms. The SMILES string of the molecule is COC(=O)C1=C(C)N(Cc2cccnc2)C(=O)/C1=C\c1ccc(OC)c(OC)c1OC. The summed E-state index contributed by atoms with van der Waals surface area (Å²) in [6, 6.07) is 7.09. The van der Waals surface area contributed by atoms with Gasteiger partial charge in [0, 0.05) is 23.7 Å². The maximum Gasteiger partial charge on any atom is 0.340 e. The lowest BCUT2D eigenvalue weighted by Gasteiger charge is -2.17. The minimum Gasteiger partial charge on any atom is -0.493 e. The van der Waals surface area contributed by atoms with Crippen molar-refractivity contribution in [2.75, 3.05) is 28.4 Å². The van der Waals surface area contributed by atoms with Gasteiger partial charge in [-0.3, -0.25) is 9.78 Å². The molecular formula is C23H24N2O6. The number of hydrogen-bond acceptors (Lipinski definition) is 7. The van der Waals surface area contributed by atoms with E-state index in [1.54, 1.807) is 43.6 Å². The number of nitrogens with zero attached hydrogens (tertiary/aromatic N) is 2. The van der Waals surface area contributed by atoms with E-state index in [-0.39, 0.29) is 23.6 Å². The van der Waals surface area contributed by atoms with Gasteiger partial charge in [-0.05, 0) is 36.8 Å². The van der Waals surface area contributed by atoms with Crippen LogP contribution in [0.3, 0.4) is 0 Å². The molecule has 3 rings (SSSR count). The zero-order valence-electron chi connectivity index (χ0n) is 18.1. The Hall–Kier alpha value is -3.81. The van der Waals surface area contributed by atoms with E-state index in [2.05, 4.69) is 4.98 Å². The van der Waals surface area contributed by atoms with Crippen molar-refractivity contribution in [2.45, 2.75) is 13.5 Å². The monoisotopic (exact) mass is 424 g/mol. The van der Waals surface area contributed by atoms with Crippen LogP contribution >= 0.6 is 0 Å². The number of benzene rings is 1. The third-order valence-corrected chi connectivity index (χ3v) is 5.00. The van der Waals surface area contributed by atoms with Crippen molar-refractivity contribution in [1.82, 2.24) is 9.88 Å². The molecule has 0 spiro atoms. The van der Waals surface area contributed by atoms with Gasteiger partial charge in [0.2, 0.25) is 5.75 Å². The van der Waals surface area contributed by atoms with Crippen LogP contribution in [-0.2, 0) is 20.9 Å². The Morgan fingerprint density at radius 2 is 1.81 bits per heavy atom. The normalized spacial score (nSPS) is 14.8. The predicted molar refractivity (Wildman–Crippen MR) is 114 cm³/mol. The summed E-state index contributed by atoms with van der Waals surface area (Å²) in [5.74, 6) is 0.341. The molecule has 1 aliphatic rings. The van der Waals surface area contributed by atoms with E-state index in [1.165, 1.54) is 33.3 Å². The van der Waals surface area contributed by atoms with E-state index in [9.17, 15) is 9.59 Å². The Kier molecular flexibility index (Phi) is 6.59. The zero-order valence-corrected chi connectivity index (χ0v) is 18.1. The van der Waals surface area contributed by atoms with Crippen LogP contribution in [0.1, 0.15) is 18.1 Å². The first-order valence-corrected chi connectivity index (χ1v) is 9.47. The van der Waals surface area contributed by atoms with Gasteiger partial charge in [-0.2, -0.15) is 0 Å². The van der Waals surface area contributed by atoms with E-state index in [0.29, 0.717) is 28.5 Å². The fourth-order valence-electron chi connectivity index (χ4n) is 3.49. The second kappa shape index (κ2) is 9.34. The molecule has 2 heterocycles. The molecule has 0 atom stereocenters. The van der Waals surface area contributed by atoms with Gasteiger partial charge in [-0.15, -0.1) is 0 Å². The van der Waals surface area contributed by atoms with Gasteiger partial charge < -0.3 is 23.8 Å². The second-order valence-corrected chi connectivity index (χ2v) is 6.69. The Bertz CT molecular complexity index is 1060. The summed E-state index contributed by atoms with van der Waals surface area (Å²) in [6.45, 7) is 1.99. The van der Waals surface area contributed by atoms with Crippen molar-refractivity contribution in [3.05, 3.63) is 64.6 Å². The van der Waals surface area contributed by atoms with Crippen molar-refractivity contribution >= 4 is 18.0 Å². The molecule has 0 N–H and O–H groups in total. The van der Waals surface area contributed by atoms with Crippen LogP contribution in [0.15, 0.2) is 53.5 Å². The standard InChI is InChI=1S/C23H24N2O6/c1-14-19(23(27)31-5)17(22(26)25(14)13-15-7-6-10-24-12-15)11-16-8-9-18(28-2)21(30-4)20(16)29-3/h6-12H,13H2,1-5H3/b17-11-. The fraction of sp³-hybridized carbons (Fsp3) is 0.261. The van der Waals surface area contributed by atoms with E-state index >= 15 is 0 Å². The molecule has 0 saturated heterocycles. The highest BCUT2D eigenvalue weighted by atomic mass is 16.5. The molecule has 1 aromatic carbocycles. The largest absolute Gasteiger partial charge is 0.493 e. The molecule has 1 aliphatic heterocycles. The number of pyridine rings is 1. The first-order chi connectivity index (χ1) is 15.0. The number of hydrogen-bond donors (Lipinski definition) is 0. The third kappa shape index (κ3) is 4.09. The van der Waals surface area contributed by atoms with Crippen LogP contribution in [0.4, 0.5) is 0 Å². The number of ether oxygens (including phenoxy) is 4. The molecule has 0 saturated carbocycles. The van der Waals surface area contributed by atoms with Gasteiger partial charge >= 0.3 is 5.97 Å². The van der Waals surface area contributed by atoms with E-state index in [4.69, 9.17) is 18.9 Å². The van der Waals surface area contributed by atoms with Crippen LogP contribution in [0.25, 0.3) is 6.08 Å². The lowest BCUT2D eigenvalue weighted by molar-refractivity contribution is -0.136. The topological polar surface area (TPSA) is 87.2 Å². The second-order valence-electron chi connectivity index (χ2n) is 6.69. The van der Waals surface area contributed by atoms with Gasteiger partial charge in [0.25, 0.3) is 5.91 Å². The summed E-state index contributed by atoms with van der Waals surface area (Å²) in [7, 11) is 5.80. The van der Waals surface area contributed by atoms with Crippen LogP contribution in [0, 0.1) is 0 Å². The number of carbonyl (C=O) groups excluding carboxylic acids is 2. The molecule has 0 fully saturated rings. The minimum atomic E-state index is -0.592. The molecule has 8 nitrogen and oxygen atoms in total. The molecular weight excluding hydrogens is 400 g/mol. The quantitative estimate of drug-likeness (QED) is 0.499. The highest BCUT2D eigenvalue weighted by Gasteiger charge is 2.37. The smallest absolute Gasteiger partial charge is 0.340 e. The van der Waals surface area contributed by atoms with Crippen molar-refractivity contribution < 1.29 is 28.5 Å². The number of rotatable bonds is 7. The van der Waals surface area contributed by atoms with Gasteiger partial charge in [-0.25, -0.2) is 4.79 Å². The molecule has 1 aromatic heterocycles. The van der Waals surface area contributed by atoms with Gasteiger partial charge in [-0.1, -0.05) is 6.07 Å². The number of allylic oxidation sites excluding steroid dienone is 1. The first-order valence-electron chi connectivity index (χ1n) is 9.47. The maximum absolute atomic E-state index is 13.3. The lowest BCUT2D eigenvalue weighted by Crippen LogP contribution is -2.24. The highest BCUT2D eigenvalue weighted by Crippen LogP contribution is 2.42. The highest BCUT2D eigenvalue weighted by molar-refractivity contribution is 6.16. The Balaban J connectivity index is 2.12. The zero-order chi connectivity index (χ0) is 22.5. The molecule has 0 bridgehead atoms. The molecule has 0 aliphatic carbocycles. The first kappa shape index (κ1) is 21.9. The molecule has 2 aromatic rings. The van der Waals surface area contributed by atoms with Crippen LogP contribution in [0.2, 0.25) is 0 Å². The Morgan fingerprint density at radius 3 is 2.39 bits per heavy atom. The van der Waals surface area contributed by atoms with Crippen LogP contribution in [0.5, 0.6) is 17.2 Å². The number of methoxy groups -OCH3 is 4. The van der Waals surface area contributed by atoms with Crippen LogP contribution < -0.4 is 14.2 Å². The average molecular weight is 424 g/mol. The predicted octanol–water partition coefficient (Wildman–Crippen LogP) is 2.98.